The zero-order valence-electron chi connectivity index (χ0n) is 16.7. The molecule has 2 aliphatic heterocycles. The first kappa shape index (κ1) is 18.1. The van der Waals surface area contributed by atoms with Crippen LogP contribution in [0.15, 0.2) is 16.7 Å². The molecule has 0 bridgehead atoms. The van der Waals surface area contributed by atoms with E-state index in [2.05, 4.69) is 26.8 Å². The molecule has 2 saturated heterocycles. The summed E-state index contributed by atoms with van der Waals surface area (Å²) in [5, 5.41) is 1.06. The summed E-state index contributed by atoms with van der Waals surface area (Å²) in [6.45, 7) is 8.26. The highest BCUT2D eigenvalue weighted by atomic mass is 16.3. The number of benzene rings is 1. The molecule has 2 fully saturated rings. The summed E-state index contributed by atoms with van der Waals surface area (Å²) in [6.07, 6.45) is 4.76. The normalized spacial score (nSPS) is 23.0. The van der Waals surface area contributed by atoms with Crippen LogP contribution in [0.5, 0.6) is 0 Å². The number of rotatable bonds is 2. The number of hydrogen-bond acceptors (Lipinski definition) is 3. The number of likely N-dealkylation sites (tertiary alicyclic amines) is 2. The van der Waals surface area contributed by atoms with Gasteiger partial charge in [0.1, 0.15) is 5.58 Å². The SMILES string of the molecule is Cc1cc(C)c2c(CC(=O)N3CCC4(CCCN(C)C4=O)C3)coc2c1C. The first-order valence-electron chi connectivity index (χ1n) is 9.82. The van der Waals surface area contributed by atoms with Gasteiger partial charge in [0, 0.05) is 37.6 Å². The van der Waals surface area contributed by atoms with Crippen LogP contribution in [0.4, 0.5) is 0 Å². The molecule has 1 unspecified atom stereocenters. The molecule has 1 spiro atoms. The van der Waals surface area contributed by atoms with Gasteiger partial charge >= 0.3 is 0 Å². The lowest BCUT2D eigenvalue weighted by molar-refractivity contribution is -0.144. The molecule has 0 saturated carbocycles. The zero-order valence-corrected chi connectivity index (χ0v) is 16.7. The molecule has 0 aliphatic carbocycles. The van der Waals surface area contributed by atoms with Crippen LogP contribution in [0.2, 0.25) is 0 Å². The van der Waals surface area contributed by atoms with E-state index in [4.69, 9.17) is 4.42 Å². The van der Waals surface area contributed by atoms with E-state index in [1.807, 2.05) is 16.8 Å². The summed E-state index contributed by atoms with van der Waals surface area (Å²) < 4.78 is 5.81. The molecule has 3 heterocycles. The van der Waals surface area contributed by atoms with Crippen LogP contribution in [0, 0.1) is 26.2 Å². The molecule has 1 aromatic carbocycles. The van der Waals surface area contributed by atoms with Gasteiger partial charge < -0.3 is 14.2 Å². The smallest absolute Gasteiger partial charge is 0.230 e. The maximum absolute atomic E-state index is 13.0. The first-order chi connectivity index (χ1) is 12.8. The van der Waals surface area contributed by atoms with Gasteiger partial charge in [-0.3, -0.25) is 9.59 Å². The highest BCUT2D eigenvalue weighted by Crippen LogP contribution is 2.40. The molecule has 5 heteroatoms. The van der Waals surface area contributed by atoms with E-state index in [1.54, 1.807) is 6.26 Å². The molecule has 27 heavy (non-hydrogen) atoms. The van der Waals surface area contributed by atoms with Gasteiger partial charge in [-0.1, -0.05) is 6.07 Å². The van der Waals surface area contributed by atoms with E-state index < -0.39 is 0 Å². The highest BCUT2D eigenvalue weighted by Gasteiger charge is 2.48. The third kappa shape index (κ3) is 2.84. The number of nitrogens with zero attached hydrogens (tertiary/aromatic N) is 2. The van der Waals surface area contributed by atoms with Crippen LogP contribution in [0.25, 0.3) is 11.0 Å². The molecular formula is C22H28N2O3. The number of fused-ring (bicyclic) bond motifs is 1. The average Bonchev–Trinajstić information content (AvgIpc) is 3.24. The number of carbonyl (C=O) groups excluding carboxylic acids is 2. The van der Waals surface area contributed by atoms with Crippen molar-refractivity contribution in [1.82, 2.24) is 9.80 Å². The molecule has 1 atom stereocenters. The Bertz CT molecular complexity index is 929. The fourth-order valence-electron chi connectivity index (χ4n) is 4.92. The van der Waals surface area contributed by atoms with E-state index in [1.165, 1.54) is 5.56 Å². The van der Waals surface area contributed by atoms with Gasteiger partial charge in [-0.2, -0.15) is 0 Å². The predicted octanol–water partition coefficient (Wildman–Crippen LogP) is 3.37. The van der Waals surface area contributed by atoms with Crippen LogP contribution in [-0.4, -0.2) is 48.3 Å². The van der Waals surface area contributed by atoms with Crippen molar-refractivity contribution in [3.63, 3.8) is 0 Å². The van der Waals surface area contributed by atoms with Gasteiger partial charge in [0.15, 0.2) is 0 Å². The Kier molecular flexibility index (Phi) is 4.28. The first-order valence-corrected chi connectivity index (χ1v) is 9.82. The van der Waals surface area contributed by atoms with Gasteiger partial charge in [-0.05, 0) is 56.7 Å². The van der Waals surface area contributed by atoms with E-state index in [-0.39, 0.29) is 17.2 Å². The second kappa shape index (κ2) is 6.39. The molecule has 5 nitrogen and oxygen atoms in total. The van der Waals surface area contributed by atoms with E-state index in [0.717, 1.165) is 53.5 Å². The maximum Gasteiger partial charge on any atom is 0.230 e. The van der Waals surface area contributed by atoms with Gasteiger partial charge in [0.05, 0.1) is 18.1 Å². The summed E-state index contributed by atoms with van der Waals surface area (Å²) >= 11 is 0. The Morgan fingerprint density at radius 2 is 1.96 bits per heavy atom. The molecule has 0 radical (unpaired) electrons. The molecule has 144 valence electrons. The second-order valence-electron chi connectivity index (χ2n) is 8.45. The van der Waals surface area contributed by atoms with Crippen molar-refractivity contribution < 1.29 is 14.0 Å². The number of furan rings is 1. The van der Waals surface area contributed by atoms with Gasteiger partial charge in [-0.25, -0.2) is 0 Å². The van der Waals surface area contributed by atoms with Gasteiger partial charge in [0.25, 0.3) is 0 Å². The number of piperidine rings is 1. The van der Waals surface area contributed by atoms with E-state index in [9.17, 15) is 9.59 Å². The minimum atomic E-state index is -0.356. The minimum absolute atomic E-state index is 0.0910. The maximum atomic E-state index is 13.0. The predicted molar refractivity (Wildman–Crippen MR) is 105 cm³/mol. The summed E-state index contributed by atoms with van der Waals surface area (Å²) in [5.74, 6) is 0.299. The van der Waals surface area contributed by atoms with Crippen molar-refractivity contribution in [1.29, 1.82) is 0 Å². The van der Waals surface area contributed by atoms with Crippen molar-refractivity contribution in [2.24, 2.45) is 5.41 Å². The van der Waals surface area contributed by atoms with Crippen LogP contribution in [-0.2, 0) is 16.0 Å². The van der Waals surface area contributed by atoms with Gasteiger partial charge in [0.2, 0.25) is 11.8 Å². The number of carbonyl (C=O) groups is 2. The number of aryl methyl sites for hydroxylation is 3. The Balaban J connectivity index is 1.55. The lowest BCUT2D eigenvalue weighted by Gasteiger charge is -2.37. The van der Waals surface area contributed by atoms with Crippen LogP contribution >= 0.6 is 0 Å². The topological polar surface area (TPSA) is 53.8 Å². The Hall–Kier alpha value is -2.30. The third-order valence-corrected chi connectivity index (χ3v) is 6.62. The molecular weight excluding hydrogens is 340 g/mol. The zero-order chi connectivity index (χ0) is 19.3. The quantitative estimate of drug-likeness (QED) is 0.817. The van der Waals surface area contributed by atoms with Crippen LogP contribution < -0.4 is 0 Å². The van der Waals surface area contributed by atoms with Crippen molar-refractivity contribution in [3.05, 3.63) is 34.6 Å². The third-order valence-electron chi connectivity index (χ3n) is 6.62. The van der Waals surface area contributed by atoms with Crippen LogP contribution in [0.1, 0.15) is 41.5 Å². The standard InChI is InChI=1S/C22H28N2O3/c1-14-10-15(2)19-17(12-27-20(19)16(14)3)11-18(25)24-9-7-22(13-24)6-5-8-23(4)21(22)26/h10,12H,5-9,11,13H2,1-4H3. The summed E-state index contributed by atoms with van der Waals surface area (Å²) in [5.41, 5.74) is 4.96. The lowest BCUT2D eigenvalue weighted by atomic mass is 9.78. The van der Waals surface area contributed by atoms with Crippen LogP contribution in [0.3, 0.4) is 0 Å². The fraction of sp³-hybridized carbons (Fsp3) is 0.545. The minimum Gasteiger partial charge on any atom is -0.464 e. The van der Waals surface area contributed by atoms with E-state index >= 15 is 0 Å². The molecule has 2 aliphatic rings. The summed E-state index contributed by atoms with van der Waals surface area (Å²) in [4.78, 5) is 29.4. The second-order valence-corrected chi connectivity index (χ2v) is 8.45. The monoisotopic (exact) mass is 368 g/mol. The largest absolute Gasteiger partial charge is 0.464 e. The fourth-order valence-corrected chi connectivity index (χ4v) is 4.92. The summed E-state index contributed by atoms with van der Waals surface area (Å²) in [7, 11) is 1.87. The average molecular weight is 368 g/mol. The van der Waals surface area contributed by atoms with Crippen molar-refractivity contribution in [3.8, 4) is 0 Å². The van der Waals surface area contributed by atoms with Crippen molar-refractivity contribution in [2.75, 3.05) is 26.7 Å². The molecule has 1 aromatic heterocycles. The highest BCUT2D eigenvalue weighted by molar-refractivity contribution is 5.92. The van der Waals surface area contributed by atoms with E-state index in [0.29, 0.717) is 19.5 Å². The molecule has 2 amide bonds. The number of hydrogen-bond donors (Lipinski definition) is 0. The Morgan fingerprint density at radius 1 is 1.19 bits per heavy atom. The number of amides is 2. The lowest BCUT2D eigenvalue weighted by Crippen LogP contribution is -2.48. The molecule has 2 aromatic rings. The van der Waals surface area contributed by atoms with Gasteiger partial charge in [-0.15, -0.1) is 0 Å². The Labute approximate surface area is 160 Å². The van der Waals surface area contributed by atoms with Crippen molar-refractivity contribution >= 4 is 22.8 Å². The summed E-state index contributed by atoms with van der Waals surface area (Å²) in [6, 6.07) is 2.16. The Morgan fingerprint density at radius 3 is 2.74 bits per heavy atom. The van der Waals surface area contributed by atoms with Crippen molar-refractivity contribution in [2.45, 2.75) is 46.5 Å². The molecule has 0 N–H and O–H groups in total. The molecule has 4 rings (SSSR count).